The fourth-order valence-electron chi connectivity index (χ4n) is 2.81. The SMILES string of the molecule is CCCCC[C@H](O)C=C[C@H]1C=CC(=O)[C@H]1C/C=C\CCCC(=O)O. The van der Waals surface area contributed by atoms with Crippen LogP contribution in [0.1, 0.15) is 58.3 Å². The number of carboxylic acid groups (broad SMARTS) is 1. The Bertz CT molecular complexity index is 476. The Morgan fingerprint density at radius 1 is 1.29 bits per heavy atom. The van der Waals surface area contributed by atoms with Crippen molar-refractivity contribution in [2.45, 2.75) is 64.4 Å². The van der Waals surface area contributed by atoms with Gasteiger partial charge in [-0.2, -0.15) is 0 Å². The lowest BCUT2D eigenvalue weighted by molar-refractivity contribution is -0.137. The van der Waals surface area contributed by atoms with Crippen molar-refractivity contribution in [1.29, 1.82) is 0 Å². The lowest BCUT2D eigenvalue weighted by Gasteiger charge is -2.13. The summed E-state index contributed by atoms with van der Waals surface area (Å²) in [6, 6.07) is 0. The molecular weight excluding hydrogens is 304 g/mol. The van der Waals surface area contributed by atoms with Gasteiger partial charge in [0.25, 0.3) is 0 Å². The maximum absolute atomic E-state index is 12.0. The number of hydrogen-bond donors (Lipinski definition) is 2. The van der Waals surface area contributed by atoms with Gasteiger partial charge in [-0.15, -0.1) is 0 Å². The van der Waals surface area contributed by atoms with E-state index < -0.39 is 12.1 Å². The van der Waals surface area contributed by atoms with Gasteiger partial charge in [0.1, 0.15) is 0 Å². The second kappa shape index (κ2) is 11.8. The molecule has 0 aromatic carbocycles. The molecule has 3 atom stereocenters. The maximum atomic E-state index is 12.0. The van der Waals surface area contributed by atoms with Crippen LogP contribution < -0.4 is 0 Å². The molecule has 0 aliphatic heterocycles. The van der Waals surface area contributed by atoms with Gasteiger partial charge in [0.15, 0.2) is 5.78 Å². The number of unbranched alkanes of at least 4 members (excludes halogenated alkanes) is 3. The molecule has 4 nitrogen and oxygen atoms in total. The molecule has 0 fully saturated rings. The normalized spacial score (nSPS) is 22.0. The highest BCUT2D eigenvalue weighted by atomic mass is 16.4. The third kappa shape index (κ3) is 8.25. The fraction of sp³-hybridized carbons (Fsp3) is 0.600. The van der Waals surface area contributed by atoms with Crippen molar-refractivity contribution in [2.24, 2.45) is 11.8 Å². The molecule has 24 heavy (non-hydrogen) atoms. The smallest absolute Gasteiger partial charge is 0.303 e. The minimum Gasteiger partial charge on any atom is -0.481 e. The number of carbonyl (C=O) groups excluding carboxylic acids is 1. The van der Waals surface area contributed by atoms with Crippen LogP contribution in [0.3, 0.4) is 0 Å². The van der Waals surface area contributed by atoms with Crippen molar-refractivity contribution >= 4 is 11.8 Å². The summed E-state index contributed by atoms with van der Waals surface area (Å²) in [5, 5.41) is 18.5. The number of hydrogen-bond acceptors (Lipinski definition) is 3. The molecular formula is C20H30O4. The molecule has 1 rings (SSSR count). The average Bonchev–Trinajstić information content (AvgIpc) is 2.89. The van der Waals surface area contributed by atoms with E-state index in [1.807, 2.05) is 30.4 Å². The van der Waals surface area contributed by atoms with E-state index in [0.717, 1.165) is 32.1 Å². The van der Waals surface area contributed by atoms with E-state index in [2.05, 4.69) is 6.92 Å². The number of aliphatic carboxylic acids is 1. The number of aliphatic hydroxyl groups excluding tert-OH is 1. The monoisotopic (exact) mass is 334 g/mol. The zero-order valence-corrected chi connectivity index (χ0v) is 14.6. The van der Waals surface area contributed by atoms with Crippen molar-refractivity contribution in [3.63, 3.8) is 0 Å². The van der Waals surface area contributed by atoms with Gasteiger partial charge in [-0.1, -0.05) is 56.6 Å². The van der Waals surface area contributed by atoms with E-state index >= 15 is 0 Å². The van der Waals surface area contributed by atoms with Crippen molar-refractivity contribution in [1.82, 2.24) is 0 Å². The van der Waals surface area contributed by atoms with Crippen molar-refractivity contribution in [2.75, 3.05) is 0 Å². The molecule has 0 aromatic heterocycles. The Kier molecular flexibility index (Phi) is 10.0. The van der Waals surface area contributed by atoms with Gasteiger partial charge in [-0.05, 0) is 31.8 Å². The minimum atomic E-state index is -0.777. The lowest BCUT2D eigenvalue weighted by atomic mass is 9.90. The maximum Gasteiger partial charge on any atom is 0.303 e. The molecule has 134 valence electrons. The first kappa shape index (κ1) is 20.4. The average molecular weight is 334 g/mol. The number of rotatable bonds is 12. The van der Waals surface area contributed by atoms with E-state index in [1.165, 1.54) is 0 Å². The van der Waals surface area contributed by atoms with Crippen LogP contribution in [-0.2, 0) is 9.59 Å². The van der Waals surface area contributed by atoms with Crippen LogP contribution in [0.5, 0.6) is 0 Å². The van der Waals surface area contributed by atoms with Crippen LogP contribution in [0.15, 0.2) is 36.5 Å². The quantitative estimate of drug-likeness (QED) is 0.417. The lowest BCUT2D eigenvalue weighted by Crippen LogP contribution is -2.14. The van der Waals surface area contributed by atoms with E-state index in [1.54, 1.807) is 6.08 Å². The molecule has 0 saturated carbocycles. The Labute approximate surface area is 145 Å². The van der Waals surface area contributed by atoms with Gasteiger partial charge in [0.2, 0.25) is 0 Å². The van der Waals surface area contributed by atoms with Crippen LogP contribution in [0.2, 0.25) is 0 Å². The van der Waals surface area contributed by atoms with Crippen LogP contribution in [-0.4, -0.2) is 28.1 Å². The second-order valence-corrected chi connectivity index (χ2v) is 6.39. The molecule has 0 heterocycles. The third-order valence-corrected chi connectivity index (χ3v) is 4.29. The zero-order chi connectivity index (χ0) is 17.8. The number of aliphatic hydroxyl groups is 1. The number of carbonyl (C=O) groups is 2. The van der Waals surface area contributed by atoms with Gasteiger partial charge in [0, 0.05) is 18.3 Å². The summed E-state index contributed by atoms with van der Waals surface area (Å²) < 4.78 is 0. The molecule has 0 unspecified atom stereocenters. The second-order valence-electron chi connectivity index (χ2n) is 6.39. The first-order chi connectivity index (χ1) is 11.5. The van der Waals surface area contributed by atoms with Gasteiger partial charge < -0.3 is 10.2 Å². The number of ketones is 1. The van der Waals surface area contributed by atoms with Crippen molar-refractivity contribution < 1.29 is 19.8 Å². The van der Waals surface area contributed by atoms with E-state index in [4.69, 9.17) is 5.11 Å². The summed E-state index contributed by atoms with van der Waals surface area (Å²) in [6.45, 7) is 2.14. The molecule has 0 saturated heterocycles. The first-order valence-electron chi connectivity index (χ1n) is 8.99. The van der Waals surface area contributed by atoms with Crippen LogP contribution in [0, 0.1) is 11.8 Å². The Balaban J connectivity index is 2.38. The summed E-state index contributed by atoms with van der Waals surface area (Å²) in [7, 11) is 0. The predicted octanol–water partition coefficient (Wildman–Crippen LogP) is 4.06. The van der Waals surface area contributed by atoms with Crippen molar-refractivity contribution in [3.05, 3.63) is 36.5 Å². The highest BCUT2D eigenvalue weighted by Gasteiger charge is 2.27. The third-order valence-electron chi connectivity index (χ3n) is 4.29. The van der Waals surface area contributed by atoms with Crippen molar-refractivity contribution in [3.8, 4) is 0 Å². The number of carboxylic acids is 1. The Hall–Kier alpha value is -1.68. The Morgan fingerprint density at radius 2 is 2.08 bits per heavy atom. The number of allylic oxidation sites excluding steroid dienone is 5. The molecule has 0 bridgehead atoms. The summed E-state index contributed by atoms with van der Waals surface area (Å²) in [5.41, 5.74) is 0. The fourth-order valence-corrected chi connectivity index (χ4v) is 2.81. The van der Waals surface area contributed by atoms with E-state index in [-0.39, 0.29) is 24.0 Å². The standard InChI is InChI=1S/C20H30O4/c1-2-3-6-9-17(21)14-12-16-13-15-19(22)18(16)10-7-4-5-8-11-20(23)24/h4,7,12-18,21H,2-3,5-6,8-11H2,1H3,(H,23,24)/b7-4-,14-12?/t16-,17-,18-/m0/s1. The van der Waals surface area contributed by atoms with Gasteiger partial charge in [-0.25, -0.2) is 0 Å². The molecule has 2 N–H and O–H groups in total. The van der Waals surface area contributed by atoms with Crippen LogP contribution >= 0.6 is 0 Å². The van der Waals surface area contributed by atoms with Gasteiger partial charge in [0.05, 0.1) is 6.10 Å². The molecule has 1 aliphatic rings. The molecule has 0 spiro atoms. The summed E-state index contributed by atoms with van der Waals surface area (Å²) in [4.78, 5) is 22.4. The van der Waals surface area contributed by atoms with Gasteiger partial charge in [-0.3, -0.25) is 9.59 Å². The zero-order valence-electron chi connectivity index (χ0n) is 14.6. The predicted molar refractivity (Wildman–Crippen MR) is 95.7 cm³/mol. The highest BCUT2D eigenvalue weighted by Crippen LogP contribution is 2.27. The highest BCUT2D eigenvalue weighted by molar-refractivity contribution is 5.95. The topological polar surface area (TPSA) is 74.6 Å². The van der Waals surface area contributed by atoms with E-state index in [9.17, 15) is 14.7 Å². The van der Waals surface area contributed by atoms with Crippen LogP contribution in [0.4, 0.5) is 0 Å². The largest absolute Gasteiger partial charge is 0.481 e. The molecule has 1 aliphatic carbocycles. The summed E-state index contributed by atoms with van der Waals surface area (Å²) >= 11 is 0. The Morgan fingerprint density at radius 3 is 2.79 bits per heavy atom. The summed E-state index contributed by atoms with van der Waals surface area (Å²) in [5.74, 6) is -0.705. The molecule has 0 aromatic rings. The molecule has 0 amide bonds. The van der Waals surface area contributed by atoms with Gasteiger partial charge >= 0.3 is 5.97 Å². The van der Waals surface area contributed by atoms with E-state index in [0.29, 0.717) is 12.8 Å². The summed E-state index contributed by atoms with van der Waals surface area (Å²) in [6.07, 6.45) is 17.0. The molecule has 0 radical (unpaired) electrons. The van der Waals surface area contributed by atoms with Crippen LogP contribution in [0.25, 0.3) is 0 Å². The minimum absolute atomic E-state index is 0.0435. The molecule has 4 heteroatoms. The first-order valence-corrected chi connectivity index (χ1v) is 8.99.